The van der Waals surface area contributed by atoms with Crippen LogP contribution in [-0.4, -0.2) is 36.6 Å². The number of aliphatic hydroxyl groups excluding tert-OH is 1. The third-order valence-corrected chi connectivity index (χ3v) is 5.02. The third-order valence-electron chi connectivity index (χ3n) is 3.02. The molecule has 1 aliphatic carbocycles. The number of alkyl halides is 3. The van der Waals surface area contributed by atoms with Gasteiger partial charge in [-0.05, 0) is 24.5 Å². The zero-order valence-corrected chi connectivity index (χ0v) is 11.3. The van der Waals surface area contributed by atoms with E-state index in [2.05, 4.69) is 0 Å². The van der Waals surface area contributed by atoms with Gasteiger partial charge in [0.05, 0.1) is 11.5 Å². The van der Waals surface area contributed by atoms with E-state index in [1.807, 2.05) is 0 Å². The first-order valence-corrected chi connectivity index (χ1v) is 7.47. The lowest BCUT2D eigenvalue weighted by atomic mass is 10.2. The Labute approximate surface area is 114 Å². The molecule has 0 unspecified atom stereocenters. The summed E-state index contributed by atoms with van der Waals surface area (Å²) in [5, 5.41) is 9.15. The van der Waals surface area contributed by atoms with Crippen molar-refractivity contribution in [2.24, 2.45) is 0 Å². The maximum absolute atomic E-state index is 12.6. The Hall–Kier alpha value is -1.12. The van der Waals surface area contributed by atoms with E-state index in [9.17, 15) is 21.6 Å². The van der Waals surface area contributed by atoms with Crippen LogP contribution in [0.2, 0.25) is 0 Å². The Bertz CT molecular complexity index is 582. The summed E-state index contributed by atoms with van der Waals surface area (Å²) in [6.45, 7) is -2.04. The molecule has 0 spiro atoms. The molecule has 0 saturated heterocycles. The zero-order chi connectivity index (χ0) is 15.0. The largest absolute Gasteiger partial charge is 0.402 e. The SMILES string of the molecule is O=S(=O)(c1ccccc1CO)N(CC(F)(F)F)C1CC1. The normalized spacial score (nSPS) is 16.6. The Kier molecular flexibility index (Phi) is 4.08. The minimum absolute atomic E-state index is 0.0975. The van der Waals surface area contributed by atoms with Crippen molar-refractivity contribution in [3.63, 3.8) is 0 Å². The standard InChI is InChI=1S/C12H14F3NO3S/c13-12(14,15)8-16(10-5-6-10)20(18,19)11-4-2-1-3-9(11)7-17/h1-4,10,17H,5-8H2. The van der Waals surface area contributed by atoms with Crippen molar-refractivity contribution >= 4 is 10.0 Å². The molecule has 0 bridgehead atoms. The average Bonchev–Trinajstić information content (AvgIpc) is 3.19. The Morgan fingerprint density at radius 1 is 1.25 bits per heavy atom. The highest BCUT2D eigenvalue weighted by Gasteiger charge is 2.45. The van der Waals surface area contributed by atoms with E-state index in [-0.39, 0.29) is 10.5 Å². The highest BCUT2D eigenvalue weighted by Crippen LogP contribution is 2.35. The Morgan fingerprint density at radius 3 is 2.35 bits per heavy atom. The Morgan fingerprint density at radius 2 is 1.85 bits per heavy atom. The number of sulfonamides is 1. The molecule has 1 aliphatic rings. The molecule has 1 N–H and O–H groups in total. The number of aliphatic hydroxyl groups is 1. The molecule has 1 aromatic rings. The van der Waals surface area contributed by atoms with Crippen molar-refractivity contribution < 1.29 is 26.7 Å². The van der Waals surface area contributed by atoms with Gasteiger partial charge in [-0.15, -0.1) is 0 Å². The van der Waals surface area contributed by atoms with Crippen molar-refractivity contribution in [3.05, 3.63) is 29.8 Å². The lowest BCUT2D eigenvalue weighted by Crippen LogP contribution is -2.40. The topological polar surface area (TPSA) is 57.6 Å². The van der Waals surface area contributed by atoms with E-state index in [1.165, 1.54) is 24.3 Å². The maximum Gasteiger partial charge on any atom is 0.402 e. The van der Waals surface area contributed by atoms with Crippen LogP contribution in [0.4, 0.5) is 13.2 Å². The van der Waals surface area contributed by atoms with Crippen LogP contribution >= 0.6 is 0 Å². The van der Waals surface area contributed by atoms with Crippen LogP contribution in [0.25, 0.3) is 0 Å². The van der Waals surface area contributed by atoms with Crippen molar-refractivity contribution in [1.82, 2.24) is 4.31 Å². The third kappa shape index (κ3) is 3.31. The van der Waals surface area contributed by atoms with Crippen molar-refractivity contribution in [3.8, 4) is 0 Å². The van der Waals surface area contributed by atoms with Gasteiger partial charge in [-0.25, -0.2) is 8.42 Å². The fourth-order valence-corrected chi connectivity index (χ4v) is 3.85. The lowest BCUT2D eigenvalue weighted by molar-refractivity contribution is -0.137. The van der Waals surface area contributed by atoms with Gasteiger partial charge in [-0.2, -0.15) is 17.5 Å². The minimum Gasteiger partial charge on any atom is -0.392 e. The molecule has 1 fully saturated rings. The predicted molar refractivity (Wildman–Crippen MR) is 65.3 cm³/mol. The van der Waals surface area contributed by atoms with Crippen LogP contribution in [0.5, 0.6) is 0 Å². The van der Waals surface area contributed by atoms with Crippen LogP contribution in [0.15, 0.2) is 29.2 Å². The summed E-state index contributed by atoms with van der Waals surface area (Å²) in [4.78, 5) is -0.265. The number of nitrogens with zero attached hydrogens (tertiary/aromatic N) is 1. The van der Waals surface area contributed by atoms with Gasteiger partial charge in [-0.3, -0.25) is 0 Å². The van der Waals surface area contributed by atoms with Gasteiger partial charge < -0.3 is 5.11 Å². The average molecular weight is 309 g/mol. The van der Waals surface area contributed by atoms with E-state index in [0.29, 0.717) is 17.1 Å². The van der Waals surface area contributed by atoms with E-state index in [4.69, 9.17) is 5.11 Å². The van der Waals surface area contributed by atoms with Crippen LogP contribution < -0.4 is 0 Å². The second kappa shape index (κ2) is 5.34. The summed E-state index contributed by atoms with van der Waals surface area (Å²) in [6, 6.07) is 4.94. The number of rotatable bonds is 5. The smallest absolute Gasteiger partial charge is 0.392 e. The molecular weight excluding hydrogens is 295 g/mol. The molecule has 8 heteroatoms. The zero-order valence-electron chi connectivity index (χ0n) is 10.5. The molecule has 20 heavy (non-hydrogen) atoms. The second-order valence-electron chi connectivity index (χ2n) is 4.66. The highest BCUT2D eigenvalue weighted by molar-refractivity contribution is 7.89. The fourth-order valence-electron chi connectivity index (χ4n) is 1.96. The van der Waals surface area contributed by atoms with Crippen molar-refractivity contribution in [2.75, 3.05) is 6.54 Å². The fraction of sp³-hybridized carbons (Fsp3) is 0.500. The summed E-state index contributed by atoms with van der Waals surface area (Å²) in [5.74, 6) is 0. The van der Waals surface area contributed by atoms with Gasteiger partial charge in [0, 0.05) is 6.04 Å². The Balaban J connectivity index is 2.40. The number of hydrogen-bond donors (Lipinski definition) is 1. The number of benzene rings is 1. The second-order valence-corrected chi connectivity index (χ2v) is 6.52. The maximum atomic E-state index is 12.6. The first kappa shape index (κ1) is 15.3. The molecular formula is C12H14F3NO3S. The monoisotopic (exact) mass is 309 g/mol. The van der Waals surface area contributed by atoms with E-state index in [0.717, 1.165) is 0 Å². The van der Waals surface area contributed by atoms with Gasteiger partial charge in [0.25, 0.3) is 0 Å². The molecule has 0 atom stereocenters. The van der Waals surface area contributed by atoms with Crippen molar-refractivity contribution in [2.45, 2.75) is 36.6 Å². The van der Waals surface area contributed by atoms with Crippen LogP contribution in [0, 0.1) is 0 Å². The van der Waals surface area contributed by atoms with Gasteiger partial charge >= 0.3 is 6.18 Å². The van der Waals surface area contributed by atoms with E-state index < -0.39 is 35.4 Å². The molecule has 112 valence electrons. The molecule has 0 aliphatic heterocycles. The summed E-state index contributed by atoms with van der Waals surface area (Å²) >= 11 is 0. The van der Waals surface area contributed by atoms with Gasteiger partial charge in [0.1, 0.15) is 6.54 Å². The summed E-state index contributed by atoms with van der Waals surface area (Å²) in [5.41, 5.74) is 0.0975. The lowest BCUT2D eigenvalue weighted by Gasteiger charge is -2.24. The van der Waals surface area contributed by atoms with Gasteiger partial charge in [0.15, 0.2) is 0 Å². The molecule has 1 aromatic carbocycles. The first-order chi connectivity index (χ1) is 9.25. The van der Waals surface area contributed by atoms with Crippen LogP contribution in [0.1, 0.15) is 18.4 Å². The number of hydrogen-bond acceptors (Lipinski definition) is 3. The van der Waals surface area contributed by atoms with E-state index in [1.54, 1.807) is 0 Å². The predicted octanol–water partition coefficient (Wildman–Crippen LogP) is 1.89. The van der Waals surface area contributed by atoms with E-state index >= 15 is 0 Å². The molecule has 2 rings (SSSR count). The molecule has 0 amide bonds. The summed E-state index contributed by atoms with van der Waals surface area (Å²) in [6.07, 6.45) is -3.74. The molecule has 0 aromatic heterocycles. The summed E-state index contributed by atoms with van der Waals surface area (Å²) in [7, 11) is -4.26. The molecule has 1 saturated carbocycles. The first-order valence-electron chi connectivity index (χ1n) is 6.03. The summed E-state index contributed by atoms with van der Waals surface area (Å²) < 4.78 is 63.0. The highest BCUT2D eigenvalue weighted by atomic mass is 32.2. The minimum atomic E-state index is -4.59. The van der Waals surface area contributed by atoms with Gasteiger partial charge in [-0.1, -0.05) is 18.2 Å². The van der Waals surface area contributed by atoms with Crippen molar-refractivity contribution in [1.29, 1.82) is 0 Å². The molecule has 0 heterocycles. The van der Waals surface area contributed by atoms with Crippen LogP contribution in [0.3, 0.4) is 0 Å². The van der Waals surface area contributed by atoms with Gasteiger partial charge in [0.2, 0.25) is 10.0 Å². The number of halogens is 3. The quantitative estimate of drug-likeness (QED) is 0.904. The van der Waals surface area contributed by atoms with Crippen LogP contribution in [-0.2, 0) is 16.6 Å². The molecule has 4 nitrogen and oxygen atoms in total. The molecule has 0 radical (unpaired) electrons.